The van der Waals surface area contributed by atoms with E-state index in [2.05, 4.69) is 4.74 Å². The van der Waals surface area contributed by atoms with Gasteiger partial charge < -0.3 is 4.74 Å². The van der Waals surface area contributed by atoms with Crippen LogP contribution in [0.2, 0.25) is 0 Å². The van der Waals surface area contributed by atoms with E-state index in [1.165, 1.54) is 0 Å². The molecule has 1 fully saturated rings. The minimum Gasteiger partial charge on any atom is -0.462 e. The van der Waals surface area contributed by atoms with Gasteiger partial charge in [0.05, 0.1) is 6.61 Å². The summed E-state index contributed by atoms with van der Waals surface area (Å²) in [5, 5.41) is 0. The van der Waals surface area contributed by atoms with E-state index in [0.29, 0.717) is 13.0 Å². The highest BCUT2D eigenvalue weighted by Gasteiger charge is 2.14. The molecule has 0 radical (unpaired) electrons. The molecule has 0 aromatic rings. The number of hydrogen-bond donors (Lipinski definition) is 0. The molecule has 0 aromatic carbocycles. The molecule has 1 heterocycles. The maximum absolute atomic E-state index is 10.7. The van der Waals surface area contributed by atoms with E-state index in [-0.39, 0.29) is 5.57 Å². The first-order chi connectivity index (χ1) is 4.84. The third-order valence-corrected chi connectivity index (χ3v) is 1.42. The lowest BCUT2D eigenvalue weighted by atomic mass is 10.1. The largest absolute Gasteiger partial charge is 0.462 e. The molecule has 10 heavy (non-hydrogen) atoms. The molecule has 1 rings (SSSR count). The van der Waals surface area contributed by atoms with Crippen LogP contribution < -0.4 is 0 Å². The molecule has 3 heteroatoms. The van der Waals surface area contributed by atoms with Crippen LogP contribution in [0.1, 0.15) is 19.3 Å². The van der Waals surface area contributed by atoms with Gasteiger partial charge in [-0.2, -0.15) is 0 Å². The first kappa shape index (κ1) is 7.03. The Morgan fingerprint density at radius 1 is 1.40 bits per heavy atom. The third kappa shape index (κ3) is 1.45. The Bertz CT molecular complexity index is 189. The molecule has 1 saturated heterocycles. The Labute approximate surface area is 58.7 Å². The molecule has 0 spiro atoms. The van der Waals surface area contributed by atoms with Crippen LogP contribution in [0.5, 0.6) is 0 Å². The molecule has 1 aliphatic rings. The predicted octanol–water partition coefficient (Wildman–Crippen LogP) is 0.472. The highest BCUT2D eigenvalue weighted by atomic mass is 16.5. The van der Waals surface area contributed by atoms with E-state index >= 15 is 0 Å². The molecule has 0 aromatic heterocycles. The first-order valence-electron chi connectivity index (χ1n) is 3.25. The minimum atomic E-state index is -0.493. The first-order valence-corrected chi connectivity index (χ1v) is 3.25. The summed E-state index contributed by atoms with van der Waals surface area (Å²) in [6, 6.07) is 0. The quantitative estimate of drug-likeness (QED) is 0.279. The van der Waals surface area contributed by atoms with Crippen molar-refractivity contribution in [2.45, 2.75) is 19.3 Å². The summed E-state index contributed by atoms with van der Waals surface area (Å²) < 4.78 is 4.67. The maximum Gasteiger partial charge on any atom is 0.345 e. The van der Waals surface area contributed by atoms with Crippen molar-refractivity contribution in [1.82, 2.24) is 0 Å². The summed E-state index contributed by atoms with van der Waals surface area (Å²) in [6.45, 7) is 0.435. The highest BCUT2D eigenvalue weighted by molar-refractivity contribution is 5.96. The maximum atomic E-state index is 10.7. The molecule has 54 valence electrons. The van der Waals surface area contributed by atoms with E-state index in [4.69, 9.17) is 0 Å². The van der Waals surface area contributed by atoms with Gasteiger partial charge in [0.15, 0.2) is 0 Å². The van der Waals surface area contributed by atoms with E-state index in [1.54, 1.807) is 5.94 Å². The second-order valence-electron chi connectivity index (χ2n) is 2.17. The molecular formula is C7H8O3. The van der Waals surface area contributed by atoms with Crippen molar-refractivity contribution in [2.24, 2.45) is 0 Å². The van der Waals surface area contributed by atoms with Gasteiger partial charge in [-0.3, -0.25) is 0 Å². The normalized spacial score (nSPS) is 19.2. The van der Waals surface area contributed by atoms with Gasteiger partial charge in [-0.05, 0) is 19.3 Å². The average molecular weight is 140 g/mol. The molecule has 0 bridgehead atoms. The fourth-order valence-electron chi connectivity index (χ4n) is 0.851. The van der Waals surface area contributed by atoms with Crippen molar-refractivity contribution in [3.05, 3.63) is 5.57 Å². The Hall–Kier alpha value is -1.08. The molecule has 0 saturated carbocycles. The number of esters is 1. The van der Waals surface area contributed by atoms with Crippen LogP contribution in [0.3, 0.4) is 0 Å². The number of rotatable bonds is 0. The zero-order valence-corrected chi connectivity index (χ0v) is 5.55. The molecule has 0 atom stereocenters. The Morgan fingerprint density at radius 3 is 2.90 bits per heavy atom. The van der Waals surface area contributed by atoms with E-state index in [0.717, 1.165) is 12.8 Å². The summed E-state index contributed by atoms with van der Waals surface area (Å²) >= 11 is 0. The Kier molecular flexibility index (Phi) is 2.24. The van der Waals surface area contributed by atoms with Crippen LogP contribution in [0.4, 0.5) is 0 Å². The number of carbonyl (C=O) groups excluding carboxylic acids is 2. The molecule has 0 unspecified atom stereocenters. The van der Waals surface area contributed by atoms with Crippen molar-refractivity contribution in [3.63, 3.8) is 0 Å². The van der Waals surface area contributed by atoms with Gasteiger partial charge in [-0.15, -0.1) is 0 Å². The lowest BCUT2D eigenvalue weighted by molar-refractivity contribution is -0.138. The van der Waals surface area contributed by atoms with Crippen molar-refractivity contribution in [1.29, 1.82) is 0 Å². The third-order valence-electron chi connectivity index (χ3n) is 1.42. The second-order valence-corrected chi connectivity index (χ2v) is 2.17. The van der Waals surface area contributed by atoms with Gasteiger partial charge in [-0.25, -0.2) is 9.59 Å². The van der Waals surface area contributed by atoms with Crippen LogP contribution in [-0.2, 0) is 14.3 Å². The summed E-state index contributed by atoms with van der Waals surface area (Å²) in [6.07, 6.45) is 2.20. The number of carbonyl (C=O) groups is 1. The van der Waals surface area contributed by atoms with Gasteiger partial charge in [-0.1, -0.05) is 0 Å². The van der Waals surface area contributed by atoms with Crippen LogP contribution in [0, 0.1) is 0 Å². The number of ether oxygens (including phenoxy) is 1. The summed E-state index contributed by atoms with van der Waals surface area (Å²) in [7, 11) is 0. The molecule has 0 amide bonds. The Morgan fingerprint density at radius 2 is 2.20 bits per heavy atom. The highest BCUT2D eigenvalue weighted by Crippen LogP contribution is 2.10. The van der Waals surface area contributed by atoms with Crippen LogP contribution >= 0.6 is 0 Å². The lowest BCUT2D eigenvalue weighted by Crippen LogP contribution is -2.05. The average Bonchev–Trinajstić information content (AvgIpc) is 2.13. The van der Waals surface area contributed by atoms with Crippen molar-refractivity contribution >= 4 is 11.9 Å². The number of hydrogen-bond acceptors (Lipinski definition) is 3. The van der Waals surface area contributed by atoms with Gasteiger partial charge in [0.25, 0.3) is 0 Å². The zero-order chi connectivity index (χ0) is 7.40. The Balaban J connectivity index is 2.70. The summed E-state index contributed by atoms with van der Waals surface area (Å²) in [5.74, 6) is 1.09. The molecule has 0 N–H and O–H groups in total. The number of cyclic esters (lactones) is 1. The van der Waals surface area contributed by atoms with Crippen molar-refractivity contribution in [2.75, 3.05) is 6.61 Å². The SMILES string of the molecule is O=C=C1CCCCOC1=O. The van der Waals surface area contributed by atoms with Gasteiger partial charge in [0.2, 0.25) is 0 Å². The van der Waals surface area contributed by atoms with Crippen molar-refractivity contribution < 1.29 is 14.3 Å². The van der Waals surface area contributed by atoms with Crippen molar-refractivity contribution in [3.8, 4) is 0 Å². The van der Waals surface area contributed by atoms with E-state index in [1.807, 2.05) is 0 Å². The monoisotopic (exact) mass is 140 g/mol. The molecule has 0 aliphatic carbocycles. The van der Waals surface area contributed by atoms with Crippen LogP contribution in [-0.4, -0.2) is 18.5 Å². The van der Waals surface area contributed by atoms with Gasteiger partial charge in [0.1, 0.15) is 11.5 Å². The lowest BCUT2D eigenvalue weighted by Gasteiger charge is -1.95. The smallest absolute Gasteiger partial charge is 0.345 e. The molecule has 3 nitrogen and oxygen atoms in total. The fraction of sp³-hybridized carbons (Fsp3) is 0.571. The van der Waals surface area contributed by atoms with Gasteiger partial charge in [0, 0.05) is 0 Å². The van der Waals surface area contributed by atoms with Crippen LogP contribution in [0.15, 0.2) is 5.57 Å². The molecular weight excluding hydrogens is 132 g/mol. The minimum absolute atomic E-state index is 0.150. The standard InChI is InChI=1S/C7H8O3/c8-5-6-3-1-2-4-10-7(6)9/h1-4H2. The summed E-state index contributed by atoms with van der Waals surface area (Å²) in [5.41, 5.74) is 0.150. The topological polar surface area (TPSA) is 43.4 Å². The van der Waals surface area contributed by atoms with Crippen LogP contribution in [0.25, 0.3) is 0 Å². The zero-order valence-electron chi connectivity index (χ0n) is 5.55. The fourth-order valence-corrected chi connectivity index (χ4v) is 0.851. The summed E-state index contributed by atoms with van der Waals surface area (Å²) in [4.78, 5) is 20.8. The van der Waals surface area contributed by atoms with E-state index < -0.39 is 5.97 Å². The molecule has 1 aliphatic heterocycles. The van der Waals surface area contributed by atoms with Gasteiger partial charge >= 0.3 is 5.97 Å². The second kappa shape index (κ2) is 3.18. The predicted molar refractivity (Wildman–Crippen MR) is 34.0 cm³/mol. The van der Waals surface area contributed by atoms with E-state index in [9.17, 15) is 9.59 Å².